The Morgan fingerprint density at radius 2 is 2.17 bits per heavy atom. The highest BCUT2D eigenvalue weighted by atomic mass is 19.1. The molecule has 18 heavy (non-hydrogen) atoms. The molecule has 2 rings (SSSR count). The van der Waals surface area contributed by atoms with Crippen LogP contribution in [-0.2, 0) is 6.42 Å². The fourth-order valence-electron chi connectivity index (χ4n) is 2.42. The summed E-state index contributed by atoms with van der Waals surface area (Å²) in [7, 11) is 0. The first-order valence-corrected chi connectivity index (χ1v) is 6.25. The summed E-state index contributed by atoms with van der Waals surface area (Å²) < 4.78 is 13.2. The van der Waals surface area contributed by atoms with Crippen molar-refractivity contribution in [1.82, 2.24) is 10.2 Å². The Labute approximate surface area is 107 Å². The summed E-state index contributed by atoms with van der Waals surface area (Å²) in [6.07, 6.45) is 0.557. The van der Waals surface area contributed by atoms with Gasteiger partial charge in [-0.05, 0) is 24.6 Å². The van der Waals surface area contributed by atoms with E-state index in [0.29, 0.717) is 6.42 Å². The van der Waals surface area contributed by atoms with Crippen molar-refractivity contribution in [3.8, 4) is 6.07 Å². The van der Waals surface area contributed by atoms with Gasteiger partial charge in [-0.2, -0.15) is 5.26 Å². The number of hydrogen-bond donors (Lipinski definition) is 1. The Balaban J connectivity index is 2.15. The largest absolute Gasteiger partial charge is 0.314 e. The molecule has 96 valence electrons. The standard InChI is InChI=1S/C14H18FN3/c1-14(11-16,18-7-5-17-6-8-18)10-12-3-2-4-13(15)9-12/h2-4,9,17H,5-8,10H2,1H3. The van der Waals surface area contributed by atoms with E-state index in [-0.39, 0.29) is 5.82 Å². The lowest BCUT2D eigenvalue weighted by molar-refractivity contribution is 0.132. The third kappa shape index (κ3) is 2.87. The van der Waals surface area contributed by atoms with Crippen molar-refractivity contribution in [2.24, 2.45) is 0 Å². The van der Waals surface area contributed by atoms with E-state index in [1.807, 2.05) is 13.0 Å². The van der Waals surface area contributed by atoms with Crippen LogP contribution in [0.15, 0.2) is 24.3 Å². The summed E-state index contributed by atoms with van der Waals surface area (Å²) in [6.45, 7) is 5.46. The van der Waals surface area contributed by atoms with Crippen molar-refractivity contribution in [3.05, 3.63) is 35.6 Å². The second kappa shape index (κ2) is 5.47. The summed E-state index contributed by atoms with van der Waals surface area (Å²) >= 11 is 0. The van der Waals surface area contributed by atoms with Gasteiger partial charge in [-0.1, -0.05) is 12.1 Å². The fraction of sp³-hybridized carbons (Fsp3) is 0.500. The van der Waals surface area contributed by atoms with Gasteiger partial charge >= 0.3 is 0 Å². The van der Waals surface area contributed by atoms with Crippen molar-refractivity contribution in [2.75, 3.05) is 26.2 Å². The average molecular weight is 247 g/mol. The van der Waals surface area contributed by atoms with Crippen LogP contribution in [0.4, 0.5) is 4.39 Å². The number of hydrogen-bond acceptors (Lipinski definition) is 3. The number of nitrogens with one attached hydrogen (secondary N) is 1. The lowest BCUT2D eigenvalue weighted by Gasteiger charge is -2.38. The molecule has 4 heteroatoms. The highest BCUT2D eigenvalue weighted by molar-refractivity contribution is 5.22. The number of benzene rings is 1. The smallest absolute Gasteiger partial charge is 0.123 e. The molecule has 0 radical (unpaired) electrons. The monoisotopic (exact) mass is 247 g/mol. The lowest BCUT2D eigenvalue weighted by atomic mass is 9.91. The highest BCUT2D eigenvalue weighted by Crippen LogP contribution is 2.21. The van der Waals surface area contributed by atoms with Crippen LogP contribution in [0.3, 0.4) is 0 Å². The van der Waals surface area contributed by atoms with E-state index in [2.05, 4.69) is 16.3 Å². The third-order valence-electron chi connectivity index (χ3n) is 3.49. The summed E-state index contributed by atoms with van der Waals surface area (Å²) in [4.78, 5) is 2.18. The molecule has 1 aromatic carbocycles. The third-order valence-corrected chi connectivity index (χ3v) is 3.49. The normalized spacial score (nSPS) is 20.1. The molecule has 0 saturated carbocycles. The maximum atomic E-state index is 13.2. The Morgan fingerprint density at radius 3 is 2.78 bits per heavy atom. The second-order valence-corrected chi connectivity index (χ2v) is 4.93. The first kappa shape index (κ1) is 13.0. The summed E-state index contributed by atoms with van der Waals surface area (Å²) in [6, 6.07) is 8.90. The van der Waals surface area contributed by atoms with Gasteiger partial charge in [0.1, 0.15) is 11.4 Å². The van der Waals surface area contributed by atoms with Crippen molar-refractivity contribution in [1.29, 1.82) is 5.26 Å². The minimum Gasteiger partial charge on any atom is -0.314 e. The van der Waals surface area contributed by atoms with E-state index < -0.39 is 5.54 Å². The molecule has 1 atom stereocenters. The van der Waals surface area contributed by atoms with Gasteiger partial charge < -0.3 is 5.32 Å². The van der Waals surface area contributed by atoms with Gasteiger partial charge in [0.2, 0.25) is 0 Å². The van der Waals surface area contributed by atoms with E-state index in [1.165, 1.54) is 12.1 Å². The van der Waals surface area contributed by atoms with Crippen molar-refractivity contribution in [2.45, 2.75) is 18.9 Å². The molecule has 1 fully saturated rings. The predicted octanol–water partition coefficient (Wildman–Crippen LogP) is 1.56. The maximum absolute atomic E-state index is 13.2. The molecule has 1 aromatic rings. The lowest BCUT2D eigenvalue weighted by Crippen LogP contribution is -2.55. The van der Waals surface area contributed by atoms with Gasteiger partial charge in [0.15, 0.2) is 0 Å². The van der Waals surface area contributed by atoms with Crippen LogP contribution >= 0.6 is 0 Å². The zero-order chi connectivity index (χ0) is 13.0. The quantitative estimate of drug-likeness (QED) is 0.881. The summed E-state index contributed by atoms with van der Waals surface area (Å²) in [5.74, 6) is -0.242. The topological polar surface area (TPSA) is 39.1 Å². The van der Waals surface area contributed by atoms with Crippen LogP contribution in [0, 0.1) is 17.1 Å². The van der Waals surface area contributed by atoms with Crippen molar-refractivity contribution < 1.29 is 4.39 Å². The van der Waals surface area contributed by atoms with Crippen LogP contribution in [0.2, 0.25) is 0 Å². The number of nitriles is 1. The molecule has 3 nitrogen and oxygen atoms in total. The summed E-state index contributed by atoms with van der Waals surface area (Å²) in [5.41, 5.74) is 0.313. The maximum Gasteiger partial charge on any atom is 0.123 e. The molecule has 1 aliphatic rings. The van der Waals surface area contributed by atoms with Gasteiger partial charge in [-0.15, -0.1) is 0 Å². The first-order valence-electron chi connectivity index (χ1n) is 6.25. The van der Waals surface area contributed by atoms with Crippen LogP contribution in [0.5, 0.6) is 0 Å². The molecule has 1 unspecified atom stereocenters. The molecule has 0 aromatic heterocycles. The van der Waals surface area contributed by atoms with E-state index in [0.717, 1.165) is 31.7 Å². The fourth-order valence-corrected chi connectivity index (χ4v) is 2.42. The SMILES string of the molecule is CC(C#N)(Cc1cccc(F)c1)N1CCNCC1. The van der Waals surface area contributed by atoms with Crippen molar-refractivity contribution >= 4 is 0 Å². The molecule has 1 heterocycles. The molecule has 1 saturated heterocycles. The zero-order valence-electron chi connectivity index (χ0n) is 10.6. The van der Waals surface area contributed by atoms with E-state index >= 15 is 0 Å². The number of rotatable bonds is 3. The molecule has 0 spiro atoms. The molecule has 1 aliphatic heterocycles. The molecular formula is C14H18FN3. The molecule has 0 bridgehead atoms. The van der Waals surface area contributed by atoms with Crippen LogP contribution in [0.1, 0.15) is 12.5 Å². The number of nitrogens with zero attached hydrogens (tertiary/aromatic N) is 2. The molecule has 0 amide bonds. The van der Waals surface area contributed by atoms with Gasteiger partial charge in [-0.25, -0.2) is 4.39 Å². The van der Waals surface area contributed by atoms with Crippen LogP contribution in [0.25, 0.3) is 0 Å². The van der Waals surface area contributed by atoms with Crippen molar-refractivity contribution in [3.63, 3.8) is 0 Å². The van der Waals surface area contributed by atoms with Crippen LogP contribution in [-0.4, -0.2) is 36.6 Å². The van der Waals surface area contributed by atoms with Gasteiger partial charge in [-0.3, -0.25) is 4.90 Å². The Bertz CT molecular complexity index is 449. The minimum absolute atomic E-state index is 0.242. The molecular weight excluding hydrogens is 229 g/mol. The Hall–Kier alpha value is -1.44. The number of halogens is 1. The minimum atomic E-state index is -0.560. The highest BCUT2D eigenvalue weighted by Gasteiger charge is 2.32. The second-order valence-electron chi connectivity index (χ2n) is 4.93. The van der Waals surface area contributed by atoms with E-state index in [1.54, 1.807) is 6.07 Å². The Morgan fingerprint density at radius 1 is 1.44 bits per heavy atom. The summed E-state index contributed by atoms with van der Waals surface area (Å²) in [5, 5.41) is 12.7. The Kier molecular flexibility index (Phi) is 3.95. The van der Waals surface area contributed by atoms with Gasteiger partial charge in [0.25, 0.3) is 0 Å². The molecule has 0 aliphatic carbocycles. The predicted molar refractivity (Wildman–Crippen MR) is 68.6 cm³/mol. The molecule has 1 N–H and O–H groups in total. The van der Waals surface area contributed by atoms with Gasteiger partial charge in [0, 0.05) is 32.6 Å². The first-order chi connectivity index (χ1) is 8.64. The number of piperazine rings is 1. The zero-order valence-corrected chi connectivity index (χ0v) is 10.6. The van der Waals surface area contributed by atoms with Gasteiger partial charge in [0.05, 0.1) is 6.07 Å². The van der Waals surface area contributed by atoms with E-state index in [9.17, 15) is 9.65 Å². The van der Waals surface area contributed by atoms with E-state index in [4.69, 9.17) is 0 Å². The van der Waals surface area contributed by atoms with Crippen LogP contribution < -0.4 is 5.32 Å². The average Bonchev–Trinajstić information content (AvgIpc) is 2.39.